The van der Waals surface area contributed by atoms with Crippen LogP contribution < -0.4 is 10.1 Å². The number of ether oxygens (including phenoxy) is 1. The SMILES string of the molecule is O=C(COc1ccccc1F)Nc1nn2c(-c3ccccc3)nnc2s1. The van der Waals surface area contributed by atoms with Gasteiger partial charge >= 0.3 is 0 Å². The van der Waals surface area contributed by atoms with Gasteiger partial charge in [0.25, 0.3) is 5.91 Å². The minimum absolute atomic E-state index is 0.0205. The van der Waals surface area contributed by atoms with Gasteiger partial charge in [0.2, 0.25) is 10.1 Å². The molecule has 4 rings (SSSR count). The fourth-order valence-electron chi connectivity index (χ4n) is 2.30. The third-order valence-corrected chi connectivity index (χ3v) is 4.28. The average molecular weight is 369 g/mol. The van der Waals surface area contributed by atoms with Crippen LogP contribution in [0, 0.1) is 5.82 Å². The number of rotatable bonds is 5. The molecule has 1 amide bonds. The van der Waals surface area contributed by atoms with Crippen molar-refractivity contribution < 1.29 is 13.9 Å². The van der Waals surface area contributed by atoms with Gasteiger partial charge in [-0.05, 0) is 12.1 Å². The summed E-state index contributed by atoms with van der Waals surface area (Å²) in [6.45, 7) is -0.327. The maximum Gasteiger partial charge on any atom is 0.264 e. The molecule has 0 spiro atoms. The van der Waals surface area contributed by atoms with E-state index in [2.05, 4.69) is 20.6 Å². The van der Waals surface area contributed by atoms with Crippen molar-refractivity contribution in [2.45, 2.75) is 0 Å². The van der Waals surface area contributed by atoms with Crippen molar-refractivity contribution in [3.05, 3.63) is 60.4 Å². The monoisotopic (exact) mass is 369 g/mol. The van der Waals surface area contributed by atoms with E-state index in [9.17, 15) is 9.18 Å². The molecule has 7 nitrogen and oxygen atoms in total. The molecule has 0 aliphatic heterocycles. The Bertz CT molecular complexity index is 1060. The van der Waals surface area contributed by atoms with Crippen molar-refractivity contribution in [1.29, 1.82) is 0 Å². The second kappa shape index (κ2) is 6.89. The highest BCUT2D eigenvalue weighted by atomic mass is 32.1. The maximum absolute atomic E-state index is 13.5. The molecule has 0 bridgehead atoms. The predicted molar refractivity (Wildman–Crippen MR) is 94.6 cm³/mol. The van der Waals surface area contributed by atoms with Crippen molar-refractivity contribution in [3.63, 3.8) is 0 Å². The van der Waals surface area contributed by atoms with Crippen molar-refractivity contribution in [3.8, 4) is 17.1 Å². The third-order valence-electron chi connectivity index (χ3n) is 3.46. The Balaban J connectivity index is 1.47. The van der Waals surface area contributed by atoms with Gasteiger partial charge in [0.05, 0.1) is 0 Å². The molecule has 0 saturated carbocycles. The number of nitrogens with one attached hydrogen (secondary N) is 1. The summed E-state index contributed by atoms with van der Waals surface area (Å²) in [6.07, 6.45) is 0. The number of carbonyl (C=O) groups is 1. The second-order valence-corrected chi connectivity index (χ2v) is 6.21. The lowest BCUT2D eigenvalue weighted by atomic mass is 10.2. The largest absolute Gasteiger partial charge is 0.481 e. The van der Waals surface area contributed by atoms with E-state index in [4.69, 9.17) is 4.74 Å². The highest BCUT2D eigenvalue weighted by molar-refractivity contribution is 7.20. The number of para-hydroxylation sites is 1. The number of halogens is 1. The van der Waals surface area contributed by atoms with Crippen molar-refractivity contribution in [2.75, 3.05) is 11.9 Å². The van der Waals surface area contributed by atoms with E-state index in [1.165, 1.54) is 23.5 Å². The standard InChI is InChI=1S/C17H12FN5O2S/c18-12-8-4-5-9-13(12)25-10-14(24)19-16-22-23-15(20-21-17(23)26-16)11-6-2-1-3-7-11/h1-9H,10H2,(H,19,22,24). The predicted octanol–water partition coefficient (Wildman–Crippen LogP) is 3.01. The molecule has 2 aromatic carbocycles. The fourth-order valence-corrected chi connectivity index (χ4v) is 3.05. The fraction of sp³-hybridized carbons (Fsp3) is 0.0588. The summed E-state index contributed by atoms with van der Waals surface area (Å²) >= 11 is 1.18. The first-order valence-corrected chi connectivity index (χ1v) is 8.47. The molecule has 0 atom stereocenters. The van der Waals surface area contributed by atoms with E-state index in [-0.39, 0.29) is 12.4 Å². The molecular weight excluding hydrogens is 357 g/mol. The zero-order chi connectivity index (χ0) is 17.9. The Labute approximate surface area is 151 Å². The van der Waals surface area contributed by atoms with Crippen molar-refractivity contribution in [2.24, 2.45) is 0 Å². The van der Waals surface area contributed by atoms with E-state index in [0.29, 0.717) is 15.9 Å². The molecule has 1 N–H and O–H groups in total. The van der Waals surface area contributed by atoms with Crippen LogP contribution in [0.4, 0.5) is 9.52 Å². The van der Waals surface area contributed by atoms with Gasteiger partial charge in [-0.1, -0.05) is 53.8 Å². The Morgan fingerprint density at radius 1 is 1.12 bits per heavy atom. The second-order valence-electron chi connectivity index (χ2n) is 5.26. The lowest BCUT2D eigenvalue weighted by Gasteiger charge is -2.06. The Kier molecular flexibility index (Phi) is 4.28. The Morgan fingerprint density at radius 2 is 1.88 bits per heavy atom. The highest BCUT2D eigenvalue weighted by Crippen LogP contribution is 2.24. The quantitative estimate of drug-likeness (QED) is 0.585. The van der Waals surface area contributed by atoms with E-state index >= 15 is 0 Å². The van der Waals surface area contributed by atoms with E-state index in [0.717, 1.165) is 5.56 Å². The highest BCUT2D eigenvalue weighted by Gasteiger charge is 2.15. The molecule has 2 aromatic heterocycles. The molecular formula is C17H12FN5O2S. The molecule has 0 unspecified atom stereocenters. The van der Waals surface area contributed by atoms with Crippen LogP contribution in [-0.2, 0) is 4.79 Å². The number of hydrogen-bond donors (Lipinski definition) is 1. The van der Waals surface area contributed by atoms with Crippen LogP contribution in [0.25, 0.3) is 16.3 Å². The Hall–Kier alpha value is -3.33. The summed E-state index contributed by atoms with van der Waals surface area (Å²) in [5, 5.41) is 15.5. The van der Waals surface area contributed by atoms with Gasteiger partial charge in [-0.3, -0.25) is 10.1 Å². The minimum Gasteiger partial charge on any atom is -0.481 e. The zero-order valence-corrected chi connectivity index (χ0v) is 14.1. The van der Waals surface area contributed by atoms with Gasteiger partial charge in [-0.25, -0.2) is 4.39 Å². The van der Waals surface area contributed by atoms with Crippen LogP contribution in [0.2, 0.25) is 0 Å². The zero-order valence-electron chi connectivity index (χ0n) is 13.3. The number of anilines is 1. The molecule has 0 aliphatic rings. The average Bonchev–Trinajstić information content (AvgIpc) is 3.22. The minimum atomic E-state index is -0.522. The lowest BCUT2D eigenvalue weighted by molar-refractivity contribution is -0.118. The van der Waals surface area contributed by atoms with Crippen LogP contribution in [0.5, 0.6) is 5.75 Å². The van der Waals surface area contributed by atoms with E-state index < -0.39 is 11.7 Å². The number of hydrogen-bond acceptors (Lipinski definition) is 6. The van der Waals surface area contributed by atoms with Gasteiger partial charge in [-0.15, -0.1) is 15.3 Å². The first-order chi connectivity index (χ1) is 12.7. The first-order valence-electron chi connectivity index (χ1n) is 7.65. The van der Waals surface area contributed by atoms with E-state index in [1.807, 2.05) is 30.3 Å². The number of fused-ring (bicyclic) bond motifs is 1. The van der Waals surface area contributed by atoms with Gasteiger partial charge in [0, 0.05) is 5.56 Å². The number of amides is 1. The molecule has 26 heavy (non-hydrogen) atoms. The lowest BCUT2D eigenvalue weighted by Crippen LogP contribution is -2.20. The maximum atomic E-state index is 13.5. The van der Waals surface area contributed by atoms with Gasteiger partial charge < -0.3 is 4.74 Å². The van der Waals surface area contributed by atoms with Crippen LogP contribution >= 0.6 is 11.3 Å². The topological polar surface area (TPSA) is 81.4 Å². The van der Waals surface area contributed by atoms with Crippen molar-refractivity contribution in [1.82, 2.24) is 19.8 Å². The summed E-state index contributed by atoms with van der Waals surface area (Å²) in [4.78, 5) is 12.6. The molecule has 130 valence electrons. The van der Waals surface area contributed by atoms with Crippen LogP contribution in [0.1, 0.15) is 0 Å². The summed E-state index contributed by atoms with van der Waals surface area (Å²) in [6, 6.07) is 15.4. The number of nitrogens with zero attached hydrogens (tertiary/aromatic N) is 4. The smallest absolute Gasteiger partial charge is 0.264 e. The molecule has 4 aromatic rings. The normalized spacial score (nSPS) is 10.8. The summed E-state index contributed by atoms with van der Waals surface area (Å²) < 4.78 is 20.2. The molecule has 0 aliphatic carbocycles. The third kappa shape index (κ3) is 3.24. The van der Waals surface area contributed by atoms with Crippen molar-refractivity contribution >= 4 is 27.3 Å². The summed E-state index contributed by atoms with van der Waals surface area (Å²) in [5.74, 6) is -0.363. The number of aromatic nitrogens is 4. The van der Waals surface area contributed by atoms with Crippen LogP contribution in [0.3, 0.4) is 0 Å². The number of benzene rings is 2. The van der Waals surface area contributed by atoms with E-state index in [1.54, 1.807) is 16.6 Å². The van der Waals surface area contributed by atoms with Gasteiger partial charge in [0.1, 0.15) is 0 Å². The van der Waals surface area contributed by atoms with Gasteiger partial charge in [0.15, 0.2) is 24.0 Å². The molecule has 0 saturated heterocycles. The van der Waals surface area contributed by atoms with Crippen LogP contribution in [0.15, 0.2) is 54.6 Å². The first kappa shape index (κ1) is 16.2. The number of carbonyl (C=O) groups excluding carboxylic acids is 1. The van der Waals surface area contributed by atoms with Crippen LogP contribution in [-0.4, -0.2) is 32.3 Å². The van der Waals surface area contributed by atoms with Gasteiger partial charge in [-0.2, -0.15) is 4.52 Å². The molecule has 2 heterocycles. The molecule has 0 radical (unpaired) electrons. The Morgan fingerprint density at radius 3 is 2.69 bits per heavy atom. The summed E-state index contributed by atoms with van der Waals surface area (Å²) in [7, 11) is 0. The summed E-state index contributed by atoms with van der Waals surface area (Å²) in [5.41, 5.74) is 0.867. The molecule has 9 heteroatoms. The molecule has 0 fully saturated rings.